The molecule has 0 radical (unpaired) electrons. The summed E-state index contributed by atoms with van der Waals surface area (Å²) < 4.78 is 22.6. The van der Waals surface area contributed by atoms with E-state index in [9.17, 15) is 25.2 Å². The molecule has 3 aliphatic rings. The van der Waals surface area contributed by atoms with Crippen molar-refractivity contribution in [2.45, 2.75) is 61.9 Å². The minimum Gasteiger partial charge on any atom is -0.394 e. The maximum absolute atomic E-state index is 11.5. The summed E-state index contributed by atoms with van der Waals surface area (Å²) in [4.78, 5) is 11.5. The summed E-state index contributed by atoms with van der Waals surface area (Å²) in [5.74, 6) is -0.724. The molecule has 3 aliphatic heterocycles. The highest BCUT2D eigenvalue weighted by molar-refractivity contribution is 5.73. The Morgan fingerprint density at radius 2 is 1.82 bits per heavy atom. The number of carbonyl (C=O) groups is 1. The zero-order valence-corrected chi connectivity index (χ0v) is 15.9. The highest BCUT2D eigenvalue weighted by Crippen LogP contribution is 2.32. The van der Waals surface area contributed by atoms with Crippen LogP contribution >= 0.6 is 0 Å². The summed E-state index contributed by atoms with van der Waals surface area (Å²) in [6, 6.07) is -1.27. The van der Waals surface area contributed by atoms with Gasteiger partial charge in [-0.1, -0.05) is 0 Å². The van der Waals surface area contributed by atoms with Crippen molar-refractivity contribution in [2.24, 2.45) is 5.92 Å². The van der Waals surface area contributed by atoms with Crippen LogP contribution in [-0.2, 0) is 23.7 Å². The van der Waals surface area contributed by atoms with Crippen molar-refractivity contribution in [3.63, 3.8) is 0 Å². The number of likely N-dealkylation sites (N-methyl/N-ethyl adjacent to an activating group) is 1. The Morgan fingerprint density at radius 3 is 2.46 bits per heavy atom. The Bertz CT molecular complexity index is 539. The Hall–Kier alpha value is -0.890. The van der Waals surface area contributed by atoms with Crippen LogP contribution in [0.15, 0.2) is 0 Å². The van der Waals surface area contributed by atoms with Gasteiger partial charge in [0.2, 0.25) is 5.91 Å². The lowest BCUT2D eigenvalue weighted by Gasteiger charge is -2.43. The first-order valence-electron chi connectivity index (χ1n) is 9.47. The van der Waals surface area contributed by atoms with E-state index >= 15 is 0 Å². The van der Waals surface area contributed by atoms with Gasteiger partial charge in [0, 0.05) is 12.8 Å². The van der Waals surface area contributed by atoms with Crippen molar-refractivity contribution in [2.75, 3.05) is 33.5 Å². The maximum Gasteiger partial charge on any atom is 0.217 e. The predicted molar refractivity (Wildman–Crippen MR) is 93.1 cm³/mol. The number of aliphatic hydroxyl groups is 4. The van der Waals surface area contributed by atoms with Gasteiger partial charge in [-0.15, -0.1) is 0 Å². The third kappa shape index (κ3) is 4.32. The number of aliphatic hydroxyl groups excluding tert-OH is 4. The molecule has 0 aromatic carbocycles. The summed E-state index contributed by atoms with van der Waals surface area (Å²) in [7, 11) is 1.72. The van der Waals surface area contributed by atoms with Gasteiger partial charge in [-0.05, 0) is 7.05 Å². The first-order valence-corrected chi connectivity index (χ1v) is 9.47. The van der Waals surface area contributed by atoms with Crippen LogP contribution in [0.25, 0.3) is 0 Å². The normalized spacial score (nSPS) is 45.8. The third-order valence-electron chi connectivity index (χ3n) is 5.64. The zero-order chi connectivity index (χ0) is 20.4. The predicted octanol–water partition coefficient (Wildman–Crippen LogP) is -3.69. The number of hydrogen-bond acceptors (Lipinski definition) is 10. The van der Waals surface area contributed by atoms with Gasteiger partial charge < -0.3 is 50.0 Å². The zero-order valence-electron chi connectivity index (χ0n) is 15.9. The smallest absolute Gasteiger partial charge is 0.217 e. The molecule has 0 aromatic rings. The van der Waals surface area contributed by atoms with Crippen molar-refractivity contribution in [1.82, 2.24) is 10.6 Å². The van der Waals surface area contributed by atoms with Gasteiger partial charge in [0.25, 0.3) is 0 Å². The summed E-state index contributed by atoms with van der Waals surface area (Å²) >= 11 is 0. The van der Waals surface area contributed by atoms with E-state index in [-0.39, 0.29) is 31.3 Å². The van der Waals surface area contributed by atoms with Gasteiger partial charge in [0.05, 0.1) is 50.7 Å². The SMILES string of the molecule is CNC1C2OCC(O2)C(COCC2OC(CO)C(O)C(O)C2NC(C)=O)C1O. The molecule has 3 saturated heterocycles. The van der Waals surface area contributed by atoms with E-state index in [0.29, 0.717) is 6.61 Å². The minimum atomic E-state index is -1.34. The van der Waals surface area contributed by atoms with Crippen molar-refractivity contribution in [1.29, 1.82) is 0 Å². The van der Waals surface area contributed by atoms with Crippen LogP contribution < -0.4 is 10.6 Å². The van der Waals surface area contributed by atoms with E-state index < -0.39 is 55.4 Å². The van der Waals surface area contributed by atoms with E-state index in [1.54, 1.807) is 7.05 Å². The lowest BCUT2D eigenvalue weighted by atomic mass is 9.89. The molecule has 1 amide bonds. The van der Waals surface area contributed by atoms with Crippen LogP contribution in [0.4, 0.5) is 0 Å². The molecule has 162 valence electrons. The van der Waals surface area contributed by atoms with Gasteiger partial charge in [0.15, 0.2) is 6.29 Å². The summed E-state index contributed by atoms with van der Waals surface area (Å²) in [5.41, 5.74) is 0. The van der Waals surface area contributed by atoms with Crippen molar-refractivity contribution < 1.29 is 44.2 Å². The van der Waals surface area contributed by atoms with Crippen molar-refractivity contribution in [3.05, 3.63) is 0 Å². The van der Waals surface area contributed by atoms with E-state index in [0.717, 1.165) is 0 Å². The molecular formula is C17H30N2O9. The van der Waals surface area contributed by atoms with Gasteiger partial charge >= 0.3 is 0 Å². The van der Waals surface area contributed by atoms with Crippen molar-refractivity contribution in [3.8, 4) is 0 Å². The van der Waals surface area contributed by atoms with E-state index in [1.165, 1.54) is 6.92 Å². The Morgan fingerprint density at radius 1 is 1.07 bits per heavy atom. The molecule has 3 heterocycles. The quantitative estimate of drug-likeness (QED) is 0.248. The fraction of sp³-hybridized carbons (Fsp3) is 0.941. The average Bonchev–Trinajstić information content (AvgIpc) is 3.09. The Labute approximate surface area is 162 Å². The summed E-state index contributed by atoms with van der Waals surface area (Å²) in [6.07, 6.45) is -5.94. The first-order chi connectivity index (χ1) is 13.4. The molecule has 0 saturated carbocycles. The van der Waals surface area contributed by atoms with Crippen LogP contribution in [-0.4, -0.2) is 115 Å². The van der Waals surface area contributed by atoms with Gasteiger partial charge in [-0.25, -0.2) is 0 Å². The van der Waals surface area contributed by atoms with E-state index in [4.69, 9.17) is 18.9 Å². The largest absolute Gasteiger partial charge is 0.394 e. The number of hydrogen-bond donors (Lipinski definition) is 6. The molecule has 3 rings (SSSR count). The number of rotatable bonds is 7. The molecule has 10 atom stereocenters. The van der Waals surface area contributed by atoms with E-state index in [1.807, 2.05) is 0 Å². The van der Waals surface area contributed by atoms with Gasteiger partial charge in [-0.2, -0.15) is 0 Å². The maximum atomic E-state index is 11.5. The second kappa shape index (κ2) is 9.28. The van der Waals surface area contributed by atoms with E-state index in [2.05, 4.69) is 10.6 Å². The fourth-order valence-electron chi connectivity index (χ4n) is 4.08. The van der Waals surface area contributed by atoms with Crippen molar-refractivity contribution >= 4 is 5.91 Å². The number of ether oxygens (including phenoxy) is 4. The standard InChI is InChI=1S/C17H30N2O9/c1-7(21)19-12-11(27-9(3-20)15(23)16(12)24)5-25-4-8-10-6-26-17(28-10)13(18-2)14(8)22/h8-18,20,22-24H,3-6H2,1-2H3,(H,19,21). The molecule has 6 N–H and O–H groups in total. The number of amides is 1. The molecule has 0 aromatic heterocycles. The molecule has 28 heavy (non-hydrogen) atoms. The lowest BCUT2D eigenvalue weighted by Crippen LogP contribution is -2.65. The molecular weight excluding hydrogens is 376 g/mol. The monoisotopic (exact) mass is 406 g/mol. The molecule has 0 spiro atoms. The molecule has 11 heteroatoms. The fourth-order valence-corrected chi connectivity index (χ4v) is 4.08. The first kappa shape index (κ1) is 21.8. The second-order valence-corrected chi connectivity index (χ2v) is 7.49. The summed E-state index contributed by atoms with van der Waals surface area (Å²) in [6.45, 7) is 1.30. The minimum absolute atomic E-state index is 0.0182. The lowest BCUT2D eigenvalue weighted by molar-refractivity contribution is -0.211. The number of carbonyl (C=O) groups excluding carboxylic acids is 1. The molecule has 11 nitrogen and oxygen atoms in total. The van der Waals surface area contributed by atoms with Crippen LogP contribution in [0, 0.1) is 5.92 Å². The second-order valence-electron chi connectivity index (χ2n) is 7.49. The van der Waals surface area contributed by atoms with Crippen LogP contribution in [0.1, 0.15) is 6.92 Å². The Balaban J connectivity index is 1.60. The molecule has 3 fully saturated rings. The van der Waals surface area contributed by atoms with Gasteiger partial charge in [0.1, 0.15) is 24.4 Å². The third-order valence-corrected chi connectivity index (χ3v) is 5.64. The number of nitrogens with one attached hydrogen (secondary N) is 2. The Kier molecular flexibility index (Phi) is 7.23. The summed E-state index contributed by atoms with van der Waals surface area (Å²) in [5, 5.41) is 45.8. The van der Waals surface area contributed by atoms with Crippen LogP contribution in [0.5, 0.6) is 0 Å². The highest BCUT2D eigenvalue weighted by Gasteiger charge is 2.50. The molecule has 0 aliphatic carbocycles. The van der Waals surface area contributed by atoms with Crippen LogP contribution in [0.2, 0.25) is 0 Å². The highest BCUT2D eigenvalue weighted by atomic mass is 16.7. The molecule has 10 unspecified atom stereocenters. The topological polar surface area (TPSA) is 159 Å². The van der Waals surface area contributed by atoms with Crippen LogP contribution in [0.3, 0.4) is 0 Å². The average molecular weight is 406 g/mol. The van der Waals surface area contributed by atoms with Gasteiger partial charge in [-0.3, -0.25) is 4.79 Å². The molecule has 2 bridgehead atoms. The number of fused-ring (bicyclic) bond motifs is 2.